The van der Waals surface area contributed by atoms with Gasteiger partial charge < -0.3 is 15.2 Å². The van der Waals surface area contributed by atoms with Crippen LogP contribution in [0.15, 0.2) is 23.8 Å². The summed E-state index contributed by atoms with van der Waals surface area (Å²) >= 11 is 0. The minimum absolute atomic E-state index is 0.0194. The molecule has 0 radical (unpaired) electrons. The van der Waals surface area contributed by atoms with E-state index in [1.807, 2.05) is 13.0 Å². The number of carbonyl (C=O) groups is 1. The summed E-state index contributed by atoms with van der Waals surface area (Å²) in [7, 11) is 3.35. The van der Waals surface area contributed by atoms with Gasteiger partial charge in [0.1, 0.15) is 6.10 Å². The van der Waals surface area contributed by atoms with Crippen LogP contribution in [-0.2, 0) is 9.53 Å². The van der Waals surface area contributed by atoms with Crippen LogP contribution in [-0.4, -0.2) is 37.4 Å². The maximum atomic E-state index is 12.0. The van der Waals surface area contributed by atoms with Crippen molar-refractivity contribution < 1.29 is 14.6 Å². The number of nitrogens with one attached hydrogen (secondary N) is 1. The molecule has 0 fully saturated rings. The van der Waals surface area contributed by atoms with Crippen LogP contribution in [0.5, 0.6) is 0 Å². The maximum absolute atomic E-state index is 12.0. The molecule has 0 spiro atoms. The van der Waals surface area contributed by atoms with Gasteiger partial charge in [-0.3, -0.25) is 4.79 Å². The van der Waals surface area contributed by atoms with Crippen molar-refractivity contribution >= 4 is 5.91 Å². The number of rotatable bonds is 2. The number of methoxy groups -OCH3 is 1. The highest BCUT2D eigenvalue weighted by molar-refractivity contribution is 5.78. The minimum atomic E-state index is -0.552. The van der Waals surface area contributed by atoms with E-state index in [1.54, 1.807) is 14.2 Å². The van der Waals surface area contributed by atoms with Crippen molar-refractivity contribution in [2.24, 2.45) is 11.8 Å². The number of hydrogen-bond donors (Lipinski definition) is 2. The summed E-state index contributed by atoms with van der Waals surface area (Å²) in [4.78, 5) is 12.0. The molecule has 0 aromatic rings. The second-order valence-corrected chi connectivity index (χ2v) is 6.63. The average molecular weight is 323 g/mol. The smallest absolute Gasteiger partial charge is 0.222 e. The summed E-state index contributed by atoms with van der Waals surface area (Å²) in [6, 6.07) is 0. The van der Waals surface area contributed by atoms with Crippen LogP contribution in [0.3, 0.4) is 0 Å². The van der Waals surface area contributed by atoms with Crippen LogP contribution in [0, 0.1) is 11.8 Å². The van der Waals surface area contributed by atoms with E-state index < -0.39 is 6.10 Å². The van der Waals surface area contributed by atoms with Crippen LogP contribution in [0.4, 0.5) is 0 Å². The van der Waals surface area contributed by atoms with Gasteiger partial charge >= 0.3 is 0 Å². The summed E-state index contributed by atoms with van der Waals surface area (Å²) in [5.74, 6) is 0.251. The fourth-order valence-corrected chi connectivity index (χ4v) is 3.16. The number of ether oxygens (including phenoxy) is 1. The van der Waals surface area contributed by atoms with Crippen LogP contribution in [0.1, 0.15) is 52.4 Å². The largest absolute Gasteiger partial charge is 0.389 e. The Morgan fingerprint density at radius 2 is 2.09 bits per heavy atom. The molecule has 23 heavy (non-hydrogen) atoms. The standard InChI is InChI=1S/C19H33NO3/c1-14-11-12-16(19(22)20-3)9-7-5-6-8-10-17(23-4)18(21)15(2)13-14/h8,10,13,15-18,21H,5-7,9,11-12H2,1-4H3,(H,20,22)/b10-8+,14-13-/t15-,16?,17+,18+/m1/s1. The van der Waals surface area contributed by atoms with Crippen molar-refractivity contribution in [1.29, 1.82) is 0 Å². The zero-order chi connectivity index (χ0) is 17.2. The molecule has 1 aliphatic rings. The molecule has 1 aliphatic carbocycles. The summed E-state index contributed by atoms with van der Waals surface area (Å²) in [6.45, 7) is 4.09. The summed E-state index contributed by atoms with van der Waals surface area (Å²) in [5.41, 5.74) is 1.22. The van der Waals surface area contributed by atoms with Gasteiger partial charge in [0, 0.05) is 26.0 Å². The molecule has 0 saturated heterocycles. The lowest BCUT2D eigenvalue weighted by atomic mass is 9.90. The summed E-state index contributed by atoms with van der Waals surface area (Å²) in [6.07, 6.45) is 11.1. The molecule has 0 heterocycles. The Balaban J connectivity index is 2.84. The summed E-state index contributed by atoms with van der Waals surface area (Å²) in [5, 5.41) is 13.2. The van der Waals surface area contributed by atoms with E-state index in [4.69, 9.17) is 4.74 Å². The zero-order valence-corrected chi connectivity index (χ0v) is 15.0. The third kappa shape index (κ3) is 6.88. The minimum Gasteiger partial charge on any atom is -0.389 e. The second-order valence-electron chi connectivity index (χ2n) is 6.63. The summed E-state index contributed by atoms with van der Waals surface area (Å²) < 4.78 is 5.41. The van der Waals surface area contributed by atoms with Crippen molar-refractivity contribution in [3.8, 4) is 0 Å². The molecular weight excluding hydrogens is 290 g/mol. The number of allylic oxidation sites excluding steroid dienone is 2. The van der Waals surface area contributed by atoms with Gasteiger partial charge in [0.25, 0.3) is 0 Å². The number of amides is 1. The molecule has 4 atom stereocenters. The van der Waals surface area contributed by atoms with E-state index in [1.165, 1.54) is 5.57 Å². The number of carbonyl (C=O) groups excluding carboxylic acids is 1. The molecule has 1 unspecified atom stereocenters. The molecular formula is C19H33NO3. The molecule has 0 aromatic carbocycles. The molecule has 0 aliphatic heterocycles. The molecule has 0 aromatic heterocycles. The van der Waals surface area contributed by atoms with Crippen LogP contribution >= 0.6 is 0 Å². The molecule has 2 N–H and O–H groups in total. The van der Waals surface area contributed by atoms with E-state index in [2.05, 4.69) is 24.4 Å². The van der Waals surface area contributed by atoms with Crippen molar-refractivity contribution in [3.63, 3.8) is 0 Å². The Labute approximate surface area is 141 Å². The van der Waals surface area contributed by atoms with E-state index in [0.29, 0.717) is 0 Å². The van der Waals surface area contributed by atoms with Gasteiger partial charge in [0.15, 0.2) is 0 Å². The van der Waals surface area contributed by atoms with Gasteiger partial charge in [-0.1, -0.05) is 37.1 Å². The van der Waals surface area contributed by atoms with Gasteiger partial charge in [0.05, 0.1) is 6.10 Å². The Morgan fingerprint density at radius 1 is 1.35 bits per heavy atom. The molecule has 132 valence electrons. The molecule has 0 saturated carbocycles. The molecule has 1 amide bonds. The molecule has 1 rings (SSSR count). The average Bonchev–Trinajstić information content (AvgIpc) is 2.54. The Morgan fingerprint density at radius 3 is 2.74 bits per heavy atom. The molecule has 4 heteroatoms. The number of hydrogen-bond acceptors (Lipinski definition) is 3. The Kier molecular flexibility index (Phi) is 9.19. The van der Waals surface area contributed by atoms with E-state index in [0.717, 1.165) is 38.5 Å². The number of aliphatic hydroxyl groups excluding tert-OH is 1. The van der Waals surface area contributed by atoms with Crippen molar-refractivity contribution in [2.75, 3.05) is 14.2 Å². The van der Waals surface area contributed by atoms with Gasteiger partial charge in [-0.2, -0.15) is 0 Å². The first-order valence-electron chi connectivity index (χ1n) is 8.76. The predicted molar refractivity (Wildman–Crippen MR) is 94.1 cm³/mol. The van der Waals surface area contributed by atoms with Crippen molar-refractivity contribution in [3.05, 3.63) is 23.8 Å². The fourth-order valence-electron chi connectivity index (χ4n) is 3.16. The van der Waals surface area contributed by atoms with E-state index in [-0.39, 0.29) is 23.8 Å². The maximum Gasteiger partial charge on any atom is 0.222 e. The lowest BCUT2D eigenvalue weighted by molar-refractivity contribution is -0.124. The first-order valence-corrected chi connectivity index (χ1v) is 8.76. The quantitative estimate of drug-likeness (QED) is 0.767. The monoisotopic (exact) mass is 323 g/mol. The van der Waals surface area contributed by atoms with Gasteiger partial charge in [0.2, 0.25) is 5.91 Å². The Hall–Kier alpha value is -1.13. The van der Waals surface area contributed by atoms with Crippen LogP contribution in [0.2, 0.25) is 0 Å². The molecule has 0 bridgehead atoms. The topological polar surface area (TPSA) is 58.6 Å². The Bertz CT molecular complexity index is 417. The van der Waals surface area contributed by atoms with Crippen LogP contribution in [0.25, 0.3) is 0 Å². The van der Waals surface area contributed by atoms with Crippen molar-refractivity contribution in [1.82, 2.24) is 5.32 Å². The van der Waals surface area contributed by atoms with Crippen molar-refractivity contribution in [2.45, 2.75) is 64.6 Å². The van der Waals surface area contributed by atoms with Gasteiger partial charge in [-0.05, 0) is 39.0 Å². The van der Waals surface area contributed by atoms with Gasteiger partial charge in [-0.15, -0.1) is 0 Å². The third-order valence-corrected chi connectivity index (χ3v) is 4.70. The van der Waals surface area contributed by atoms with E-state index >= 15 is 0 Å². The van der Waals surface area contributed by atoms with Gasteiger partial charge in [-0.25, -0.2) is 0 Å². The lowest BCUT2D eigenvalue weighted by Gasteiger charge is -2.23. The normalized spacial score (nSPS) is 34.7. The fraction of sp³-hybridized carbons (Fsp3) is 0.737. The third-order valence-electron chi connectivity index (χ3n) is 4.70. The SMILES string of the molecule is CNC(=O)C1CCCC/C=C/[C@H](OC)[C@@H](O)[C@H](C)/C=C(/C)CC1. The zero-order valence-electron chi connectivity index (χ0n) is 15.0. The lowest BCUT2D eigenvalue weighted by Crippen LogP contribution is -2.31. The number of aliphatic hydroxyl groups is 1. The first kappa shape index (κ1) is 19.9. The molecule has 4 nitrogen and oxygen atoms in total. The second kappa shape index (κ2) is 10.6. The highest BCUT2D eigenvalue weighted by atomic mass is 16.5. The highest BCUT2D eigenvalue weighted by Gasteiger charge is 2.22. The first-order chi connectivity index (χ1) is 11.0. The highest BCUT2D eigenvalue weighted by Crippen LogP contribution is 2.22. The van der Waals surface area contributed by atoms with Crippen LogP contribution < -0.4 is 5.32 Å². The predicted octanol–water partition coefficient (Wildman–Crippen LogP) is 3.22. The van der Waals surface area contributed by atoms with E-state index in [9.17, 15) is 9.90 Å².